The molecule has 11 nitrogen and oxygen atoms in total. The maximum Gasteiger partial charge on any atom is 0.343 e. The fraction of sp³-hybridized carbons (Fsp3) is 0.367. The summed E-state index contributed by atoms with van der Waals surface area (Å²) in [6.45, 7) is 6.71. The Kier molecular flexibility index (Phi) is 11.0. The topological polar surface area (TPSA) is 156 Å². The van der Waals surface area contributed by atoms with E-state index in [9.17, 15) is 24.6 Å². The van der Waals surface area contributed by atoms with Gasteiger partial charge in [-0.1, -0.05) is 12.1 Å². The molecule has 1 amide bonds. The molecule has 0 radical (unpaired) electrons. The van der Waals surface area contributed by atoms with Gasteiger partial charge in [0, 0.05) is 25.1 Å². The van der Waals surface area contributed by atoms with E-state index in [1.807, 2.05) is 32.0 Å². The lowest BCUT2D eigenvalue weighted by Crippen LogP contribution is -2.29. The van der Waals surface area contributed by atoms with Crippen LogP contribution in [0.1, 0.15) is 60.2 Å². The molecule has 0 aliphatic heterocycles. The Morgan fingerprint density at radius 2 is 1.66 bits per heavy atom. The lowest BCUT2D eigenvalue weighted by molar-refractivity contribution is -0.121. The number of esters is 1. The summed E-state index contributed by atoms with van der Waals surface area (Å²) in [6.07, 6.45) is 1.30. The number of ether oxygens (including phenoxy) is 4. The van der Waals surface area contributed by atoms with Crippen LogP contribution in [0.4, 0.5) is 0 Å². The van der Waals surface area contributed by atoms with Crippen molar-refractivity contribution in [2.24, 2.45) is 0 Å². The van der Waals surface area contributed by atoms with Crippen molar-refractivity contribution in [2.75, 3.05) is 33.5 Å². The van der Waals surface area contributed by atoms with Gasteiger partial charge in [0.25, 0.3) is 5.56 Å². The number of aromatic amines is 1. The number of phenols is 1. The number of hydrogen-bond donors (Lipinski definition) is 4. The highest BCUT2D eigenvalue weighted by molar-refractivity contribution is 5.92. The van der Waals surface area contributed by atoms with Gasteiger partial charge in [0.15, 0.2) is 23.0 Å². The van der Waals surface area contributed by atoms with Gasteiger partial charge in [0.1, 0.15) is 11.3 Å². The molecule has 0 bridgehead atoms. The van der Waals surface area contributed by atoms with Gasteiger partial charge in [-0.25, -0.2) is 4.79 Å². The first-order valence-corrected chi connectivity index (χ1v) is 13.4. The molecular formula is C30H36N2O9. The van der Waals surface area contributed by atoms with Gasteiger partial charge in [-0.05, 0) is 62.6 Å². The molecule has 4 N–H and O–H groups in total. The average Bonchev–Trinajstić information content (AvgIpc) is 2.94. The molecular weight excluding hydrogens is 532 g/mol. The van der Waals surface area contributed by atoms with Crippen molar-refractivity contribution in [1.29, 1.82) is 0 Å². The third-order valence-electron chi connectivity index (χ3n) is 6.28. The molecule has 1 heterocycles. The first-order chi connectivity index (χ1) is 19.7. The van der Waals surface area contributed by atoms with Gasteiger partial charge in [0.05, 0.1) is 32.5 Å². The Morgan fingerprint density at radius 3 is 2.32 bits per heavy atom. The van der Waals surface area contributed by atoms with Gasteiger partial charge in [-0.15, -0.1) is 0 Å². The highest BCUT2D eigenvalue weighted by Gasteiger charge is 2.28. The molecule has 0 aliphatic carbocycles. The molecule has 0 saturated carbocycles. The lowest BCUT2D eigenvalue weighted by atomic mass is 9.87. The summed E-state index contributed by atoms with van der Waals surface area (Å²) < 4.78 is 21.4. The molecule has 3 rings (SSSR count). The van der Waals surface area contributed by atoms with Crippen molar-refractivity contribution in [3.63, 3.8) is 0 Å². The zero-order valence-corrected chi connectivity index (χ0v) is 23.6. The van der Waals surface area contributed by atoms with Crippen LogP contribution in [0.3, 0.4) is 0 Å². The fourth-order valence-electron chi connectivity index (χ4n) is 4.39. The lowest BCUT2D eigenvalue weighted by Gasteiger charge is -2.20. The second-order valence-corrected chi connectivity index (χ2v) is 8.95. The molecule has 11 heteroatoms. The number of methoxy groups -OCH3 is 1. The minimum atomic E-state index is -1.01. The summed E-state index contributed by atoms with van der Waals surface area (Å²) in [6, 6.07) is 9.98. The number of nitrogens with one attached hydrogen (secondary N) is 2. The van der Waals surface area contributed by atoms with E-state index < -0.39 is 29.1 Å². The van der Waals surface area contributed by atoms with E-state index in [0.717, 1.165) is 11.8 Å². The molecule has 1 atom stereocenters. The van der Waals surface area contributed by atoms with Gasteiger partial charge in [0.2, 0.25) is 5.91 Å². The number of rotatable bonds is 14. The highest BCUT2D eigenvalue weighted by atomic mass is 16.5. The number of amides is 1. The Balaban J connectivity index is 1.86. The number of phenolic OH excluding ortho intramolecular Hbond substituents is 1. The molecule has 220 valence electrons. The standard InChI is InChI=1S/C30H36N2O9/c1-5-39-24-10-8-18(14-25(24)40-6-2)12-13-31-26(34)16-20(19-9-11-23(38-4)22(33)15-19)27-28(35)21(17-32-29(27)36)30(37)41-7-3/h8-11,14-15,17,20,33H,5-7,12-13,16H2,1-4H3,(H,31,34)(H2,32,35,36). The van der Waals surface area contributed by atoms with E-state index in [4.69, 9.17) is 18.9 Å². The van der Waals surface area contributed by atoms with E-state index in [2.05, 4.69) is 10.3 Å². The monoisotopic (exact) mass is 568 g/mol. The number of benzene rings is 2. The first kappa shape index (κ1) is 30.9. The summed E-state index contributed by atoms with van der Waals surface area (Å²) in [5.41, 5.74) is 0.132. The Hall–Kier alpha value is -4.67. The largest absolute Gasteiger partial charge is 0.506 e. The Labute approximate surface area is 238 Å². The van der Waals surface area contributed by atoms with E-state index in [1.165, 1.54) is 19.2 Å². The third kappa shape index (κ3) is 7.71. The maximum atomic E-state index is 13.1. The van der Waals surface area contributed by atoms with E-state index in [-0.39, 0.29) is 42.2 Å². The molecule has 0 aliphatic rings. The minimum absolute atomic E-state index is 0.0609. The molecule has 2 aromatic carbocycles. The zero-order valence-electron chi connectivity index (χ0n) is 23.6. The van der Waals surface area contributed by atoms with Crippen LogP contribution >= 0.6 is 0 Å². The van der Waals surface area contributed by atoms with Gasteiger partial charge < -0.3 is 39.5 Å². The minimum Gasteiger partial charge on any atom is -0.506 e. The van der Waals surface area contributed by atoms with Gasteiger partial charge in [-0.2, -0.15) is 0 Å². The van der Waals surface area contributed by atoms with E-state index in [1.54, 1.807) is 13.0 Å². The fourth-order valence-corrected chi connectivity index (χ4v) is 4.39. The van der Waals surface area contributed by atoms with Crippen LogP contribution in [-0.2, 0) is 16.0 Å². The van der Waals surface area contributed by atoms with Crippen molar-refractivity contribution >= 4 is 11.9 Å². The van der Waals surface area contributed by atoms with Crippen molar-refractivity contribution in [2.45, 2.75) is 39.5 Å². The number of H-pyrrole nitrogens is 1. The summed E-state index contributed by atoms with van der Waals surface area (Å²) >= 11 is 0. The normalized spacial score (nSPS) is 11.4. The number of pyridine rings is 1. The zero-order chi connectivity index (χ0) is 29.9. The molecule has 1 unspecified atom stereocenters. The number of carbonyl (C=O) groups is 2. The second kappa shape index (κ2) is 14.6. The van der Waals surface area contributed by atoms with E-state index in [0.29, 0.717) is 36.7 Å². The average molecular weight is 569 g/mol. The highest BCUT2D eigenvalue weighted by Crippen LogP contribution is 2.37. The smallest absolute Gasteiger partial charge is 0.343 e. The van der Waals surface area contributed by atoms with Gasteiger partial charge in [-0.3, -0.25) is 9.59 Å². The molecule has 3 aromatic rings. The van der Waals surface area contributed by atoms with Crippen LogP contribution in [0, 0.1) is 0 Å². The summed E-state index contributed by atoms with van der Waals surface area (Å²) in [4.78, 5) is 40.9. The van der Waals surface area contributed by atoms with Gasteiger partial charge >= 0.3 is 5.97 Å². The maximum absolute atomic E-state index is 13.1. The number of hydrogen-bond acceptors (Lipinski definition) is 9. The summed E-state index contributed by atoms with van der Waals surface area (Å²) in [7, 11) is 1.39. The molecule has 0 spiro atoms. The van der Waals surface area contributed by atoms with E-state index >= 15 is 0 Å². The summed E-state index contributed by atoms with van der Waals surface area (Å²) in [5.74, 6) is -1.62. The summed E-state index contributed by atoms with van der Waals surface area (Å²) in [5, 5.41) is 24.2. The number of carbonyl (C=O) groups excluding carboxylic acids is 2. The van der Waals surface area contributed by atoms with Crippen LogP contribution in [0.5, 0.6) is 28.7 Å². The van der Waals surface area contributed by atoms with Crippen molar-refractivity contribution in [3.8, 4) is 28.7 Å². The second-order valence-electron chi connectivity index (χ2n) is 8.95. The molecule has 0 fully saturated rings. The predicted molar refractivity (Wildman–Crippen MR) is 151 cm³/mol. The van der Waals surface area contributed by atoms with Crippen LogP contribution in [-0.4, -0.2) is 60.5 Å². The molecule has 1 aromatic heterocycles. The SMILES string of the molecule is CCOC(=O)c1c[nH]c(=O)c(C(CC(=O)NCCc2ccc(OCC)c(OCC)c2)c2ccc(OC)c(O)c2)c1O. The third-order valence-corrected chi connectivity index (χ3v) is 6.28. The quantitative estimate of drug-likeness (QED) is 0.213. The Morgan fingerprint density at radius 1 is 0.951 bits per heavy atom. The number of aromatic hydroxyl groups is 2. The van der Waals surface area contributed by atoms with Crippen LogP contribution in [0.2, 0.25) is 0 Å². The van der Waals surface area contributed by atoms with Crippen molar-refractivity contribution in [1.82, 2.24) is 10.3 Å². The van der Waals surface area contributed by atoms with Crippen molar-refractivity contribution in [3.05, 3.63) is 75.2 Å². The van der Waals surface area contributed by atoms with Crippen molar-refractivity contribution < 1.29 is 38.7 Å². The van der Waals surface area contributed by atoms with Crippen LogP contribution in [0.25, 0.3) is 0 Å². The Bertz CT molecular complexity index is 1420. The predicted octanol–water partition coefficient (Wildman–Crippen LogP) is 3.65. The number of aromatic nitrogens is 1. The van der Waals surface area contributed by atoms with Crippen LogP contribution < -0.4 is 25.1 Å². The van der Waals surface area contributed by atoms with Crippen LogP contribution in [0.15, 0.2) is 47.4 Å². The molecule has 41 heavy (non-hydrogen) atoms. The molecule has 0 saturated heterocycles. The first-order valence-electron chi connectivity index (χ1n) is 13.4.